The zero-order valence-electron chi connectivity index (χ0n) is 23.0. The van der Waals surface area contributed by atoms with Crippen LogP contribution in [0.4, 0.5) is 0 Å². The summed E-state index contributed by atoms with van der Waals surface area (Å²) in [4.78, 5) is 0. The summed E-state index contributed by atoms with van der Waals surface area (Å²) in [5, 5.41) is 5.37. The fourth-order valence-corrected chi connectivity index (χ4v) is 4.51. The monoisotopic (exact) mass is 586 g/mol. The van der Waals surface area contributed by atoms with Gasteiger partial charge in [0.2, 0.25) is 0 Å². The van der Waals surface area contributed by atoms with E-state index in [1.165, 1.54) is 78.3 Å². The Labute approximate surface area is 246 Å². The molecule has 0 N–H and O–H groups in total. The van der Waals surface area contributed by atoms with Crippen molar-refractivity contribution in [3.05, 3.63) is 146 Å². The molecule has 0 amide bonds. The second-order valence-corrected chi connectivity index (χ2v) is 8.41. The van der Waals surface area contributed by atoms with E-state index in [1.54, 1.807) is 13.8 Å². The number of rotatable bonds is 2. The summed E-state index contributed by atoms with van der Waals surface area (Å²) in [6.07, 6.45) is 0. The van der Waals surface area contributed by atoms with Crippen molar-refractivity contribution in [1.82, 2.24) is 0 Å². The third-order valence-corrected chi connectivity index (χ3v) is 5.96. The van der Waals surface area contributed by atoms with Crippen LogP contribution in [-0.4, -0.2) is 6.88 Å². The number of hydrogen-bond donors (Lipinski definition) is 0. The maximum atomic E-state index is 3.25. The van der Waals surface area contributed by atoms with Crippen molar-refractivity contribution in [3.63, 3.8) is 0 Å². The van der Waals surface area contributed by atoms with Crippen molar-refractivity contribution in [2.75, 3.05) is 0 Å². The van der Waals surface area contributed by atoms with E-state index in [4.69, 9.17) is 0 Å². The van der Waals surface area contributed by atoms with Crippen LogP contribution in [0, 0.1) is 27.7 Å². The van der Waals surface area contributed by atoms with Crippen molar-refractivity contribution < 1.29 is 23.3 Å². The van der Waals surface area contributed by atoms with Crippen LogP contribution in [0.15, 0.2) is 121 Å². The molecular formula is C36H36SiZr-4. The summed E-state index contributed by atoms with van der Waals surface area (Å²) in [6, 6.07) is 43.1. The quantitative estimate of drug-likeness (QED) is 0.140. The zero-order valence-corrected chi connectivity index (χ0v) is 26.4. The van der Waals surface area contributed by atoms with Crippen LogP contribution in [-0.2, 0) is 23.3 Å². The van der Waals surface area contributed by atoms with Gasteiger partial charge in [-0.25, -0.2) is 0 Å². The SMILES string of the molecule is Cc1cc2c(-c3ccccc3)cccc2[cH-]1.Cc1cc2c(-c3ccccc3)cccc2[cH-]1.[CH2-]C.[CH2-]C.[Si]=[Zr]. The Bertz CT molecular complexity index is 1380. The minimum atomic E-state index is 1.29. The number of hydrogen-bond acceptors (Lipinski definition) is 0. The molecule has 6 aromatic rings. The zero-order chi connectivity index (χ0) is 27.9. The third kappa shape index (κ3) is 8.10. The fraction of sp³-hybridized carbons (Fsp3) is 0.111. The Morgan fingerprint density at radius 3 is 1.18 bits per heavy atom. The normalized spacial score (nSPS) is 9.50. The van der Waals surface area contributed by atoms with Gasteiger partial charge >= 0.3 is 30.2 Å². The first-order chi connectivity index (χ1) is 18.7. The molecule has 0 aliphatic rings. The molecule has 38 heavy (non-hydrogen) atoms. The Hall–Kier alpha value is -2.80. The standard InChI is InChI=1S/2C16H13.2C2H5.Si.Zr/c2*1-12-10-14-8-5-9-15(16(14)11-12)13-6-3-2-4-7-13;2*1-2;;/h2*2-11H,1H3;2*1H2,2H3;;/q4*-1;;. The Kier molecular flexibility index (Phi) is 14.0. The van der Waals surface area contributed by atoms with Gasteiger partial charge in [0.25, 0.3) is 0 Å². The van der Waals surface area contributed by atoms with Crippen LogP contribution in [0.1, 0.15) is 25.0 Å². The van der Waals surface area contributed by atoms with Crippen molar-refractivity contribution >= 4 is 28.4 Å². The van der Waals surface area contributed by atoms with Crippen LogP contribution in [0.3, 0.4) is 0 Å². The average molecular weight is 588 g/mol. The van der Waals surface area contributed by atoms with Crippen molar-refractivity contribution in [2.45, 2.75) is 27.7 Å². The molecule has 0 fully saturated rings. The average Bonchev–Trinajstić information content (AvgIpc) is 3.58. The molecule has 0 nitrogen and oxygen atoms in total. The molecule has 6 rings (SSSR count). The second kappa shape index (κ2) is 16.9. The molecule has 0 aliphatic carbocycles. The van der Waals surface area contributed by atoms with Gasteiger partial charge in [-0.1, -0.05) is 97.8 Å². The molecule has 2 radical (unpaired) electrons. The van der Waals surface area contributed by atoms with Crippen molar-refractivity contribution in [1.29, 1.82) is 0 Å². The molecule has 0 aromatic heterocycles. The molecule has 0 atom stereocenters. The van der Waals surface area contributed by atoms with Gasteiger partial charge in [0, 0.05) is 0 Å². The van der Waals surface area contributed by atoms with E-state index in [2.05, 4.69) is 156 Å². The van der Waals surface area contributed by atoms with Crippen LogP contribution in [0.2, 0.25) is 0 Å². The van der Waals surface area contributed by atoms with E-state index in [1.807, 2.05) is 0 Å². The van der Waals surface area contributed by atoms with E-state index in [-0.39, 0.29) is 0 Å². The first-order valence-electron chi connectivity index (χ1n) is 12.8. The summed E-state index contributed by atoms with van der Waals surface area (Å²) < 4.78 is 0. The first-order valence-corrected chi connectivity index (χ1v) is 17.0. The van der Waals surface area contributed by atoms with Crippen LogP contribution in [0.5, 0.6) is 0 Å². The van der Waals surface area contributed by atoms with Gasteiger partial charge in [0.05, 0.1) is 0 Å². The van der Waals surface area contributed by atoms with Gasteiger partial charge in [-0.2, -0.15) is 26.0 Å². The number of benzene rings is 4. The summed E-state index contributed by atoms with van der Waals surface area (Å²) in [5.41, 5.74) is 7.89. The van der Waals surface area contributed by atoms with E-state index in [0.717, 1.165) is 0 Å². The molecular weight excluding hydrogens is 552 g/mol. The molecule has 2 heteroatoms. The Balaban J connectivity index is 0.000000224. The van der Waals surface area contributed by atoms with E-state index in [0.29, 0.717) is 0 Å². The number of aryl methyl sites for hydroxylation is 2. The molecule has 0 spiro atoms. The van der Waals surface area contributed by atoms with Crippen molar-refractivity contribution in [3.8, 4) is 22.3 Å². The van der Waals surface area contributed by atoms with Crippen LogP contribution in [0.25, 0.3) is 43.8 Å². The summed E-state index contributed by atoms with van der Waals surface area (Å²) in [7, 11) is 0. The second-order valence-electron chi connectivity index (χ2n) is 8.41. The predicted molar refractivity (Wildman–Crippen MR) is 167 cm³/mol. The van der Waals surface area contributed by atoms with Crippen LogP contribution < -0.4 is 0 Å². The Morgan fingerprint density at radius 2 is 0.842 bits per heavy atom. The van der Waals surface area contributed by atoms with Gasteiger partial charge in [0.1, 0.15) is 0 Å². The van der Waals surface area contributed by atoms with E-state index >= 15 is 0 Å². The topological polar surface area (TPSA) is 0 Å². The summed E-state index contributed by atoms with van der Waals surface area (Å²) in [6.45, 7) is 17.4. The van der Waals surface area contributed by atoms with Crippen molar-refractivity contribution in [2.24, 2.45) is 0 Å². The van der Waals surface area contributed by atoms with Gasteiger partial charge in [-0.15, -0.1) is 69.1 Å². The summed E-state index contributed by atoms with van der Waals surface area (Å²) >= 11 is 1.36. The van der Waals surface area contributed by atoms with Crippen LogP contribution >= 0.6 is 0 Å². The van der Waals surface area contributed by atoms with Gasteiger partial charge in [-0.3, -0.25) is 0 Å². The molecule has 6 aromatic carbocycles. The van der Waals surface area contributed by atoms with Gasteiger partial charge in [-0.05, 0) is 11.1 Å². The summed E-state index contributed by atoms with van der Waals surface area (Å²) in [5.74, 6) is 0. The molecule has 0 aliphatic heterocycles. The van der Waals surface area contributed by atoms with E-state index in [9.17, 15) is 0 Å². The molecule has 0 heterocycles. The predicted octanol–water partition coefficient (Wildman–Crippen LogP) is 10.4. The molecule has 0 saturated carbocycles. The first kappa shape index (κ1) is 31.4. The van der Waals surface area contributed by atoms with E-state index < -0.39 is 0 Å². The fourth-order valence-electron chi connectivity index (χ4n) is 4.51. The van der Waals surface area contributed by atoms with Gasteiger partial charge < -0.3 is 13.8 Å². The number of fused-ring (bicyclic) bond motifs is 2. The molecule has 0 unspecified atom stereocenters. The molecule has 0 saturated heterocycles. The van der Waals surface area contributed by atoms with Gasteiger partial charge in [0.15, 0.2) is 0 Å². The maximum absolute atomic E-state index is 3.25. The minimum absolute atomic E-state index is 1.29. The molecule has 0 bridgehead atoms. The Morgan fingerprint density at radius 1 is 0.500 bits per heavy atom. The third-order valence-electron chi connectivity index (χ3n) is 5.96. The molecule has 192 valence electrons.